The van der Waals surface area contributed by atoms with Crippen molar-refractivity contribution in [1.29, 1.82) is 0 Å². The fraction of sp³-hybridized carbons (Fsp3) is 0.357. The number of hydrogen-bond donors (Lipinski definition) is 2. The van der Waals surface area contributed by atoms with Crippen molar-refractivity contribution in [2.45, 2.75) is 32.9 Å². The zero-order chi connectivity index (χ0) is 13.2. The van der Waals surface area contributed by atoms with Crippen LogP contribution in [0.3, 0.4) is 0 Å². The third-order valence-corrected chi connectivity index (χ3v) is 3.36. The molecule has 0 radical (unpaired) electrons. The number of halogens is 1. The average molecular weight is 308 g/mol. The maximum absolute atomic E-state index is 4.15. The first-order valence-electron chi connectivity index (χ1n) is 5.99. The molecule has 0 saturated carbocycles. The number of aromatic amines is 1. The van der Waals surface area contributed by atoms with E-state index < -0.39 is 0 Å². The van der Waals surface area contributed by atoms with Crippen LogP contribution >= 0.6 is 15.9 Å². The molecule has 0 atom stereocenters. The minimum absolute atomic E-state index is 0.0997. The number of H-pyrrole nitrogens is 1. The van der Waals surface area contributed by atoms with Gasteiger partial charge in [-0.1, -0.05) is 34.1 Å². The van der Waals surface area contributed by atoms with Gasteiger partial charge in [0.1, 0.15) is 0 Å². The Kier molecular flexibility index (Phi) is 3.88. The van der Waals surface area contributed by atoms with Crippen molar-refractivity contribution in [2.75, 3.05) is 0 Å². The topological polar surface area (TPSA) is 40.7 Å². The van der Waals surface area contributed by atoms with E-state index in [2.05, 4.69) is 58.3 Å². The highest BCUT2D eigenvalue weighted by Crippen LogP contribution is 2.28. The number of benzene rings is 1. The molecule has 2 N–H and O–H groups in total. The lowest BCUT2D eigenvalue weighted by atomic mass is 10.1. The molecule has 1 aromatic carbocycles. The van der Waals surface area contributed by atoms with E-state index in [4.69, 9.17) is 0 Å². The highest BCUT2D eigenvalue weighted by molar-refractivity contribution is 9.10. The van der Waals surface area contributed by atoms with Crippen molar-refractivity contribution in [3.63, 3.8) is 0 Å². The maximum atomic E-state index is 4.15. The molecule has 0 unspecified atom stereocenters. The second-order valence-electron chi connectivity index (χ2n) is 5.35. The lowest BCUT2D eigenvalue weighted by Crippen LogP contribution is -2.35. The fourth-order valence-electron chi connectivity index (χ4n) is 1.70. The lowest BCUT2D eigenvalue weighted by molar-refractivity contribution is 0.424. The molecule has 0 spiro atoms. The van der Waals surface area contributed by atoms with Crippen molar-refractivity contribution in [3.8, 4) is 11.3 Å². The molecule has 2 aromatic rings. The van der Waals surface area contributed by atoms with Crippen LogP contribution in [0.4, 0.5) is 0 Å². The van der Waals surface area contributed by atoms with E-state index in [1.165, 1.54) is 5.56 Å². The van der Waals surface area contributed by atoms with Gasteiger partial charge in [0.05, 0.1) is 11.9 Å². The van der Waals surface area contributed by atoms with Crippen LogP contribution in [-0.2, 0) is 6.54 Å². The maximum Gasteiger partial charge on any atom is 0.0706 e. The minimum atomic E-state index is 0.0997. The first-order chi connectivity index (χ1) is 8.47. The van der Waals surface area contributed by atoms with E-state index in [0.29, 0.717) is 0 Å². The molecule has 2 rings (SSSR count). The number of aromatic nitrogens is 2. The SMILES string of the molecule is CC(C)(C)NCc1cn[nH]c1-c1ccccc1Br. The summed E-state index contributed by atoms with van der Waals surface area (Å²) >= 11 is 3.57. The van der Waals surface area contributed by atoms with Gasteiger partial charge in [-0.15, -0.1) is 0 Å². The Labute approximate surface area is 116 Å². The standard InChI is InChI=1S/C14H18BrN3/c1-14(2,3)16-8-10-9-17-18-13(10)11-6-4-5-7-12(11)15/h4-7,9,16H,8H2,1-3H3,(H,17,18). The van der Waals surface area contributed by atoms with Gasteiger partial charge in [0.15, 0.2) is 0 Å². The summed E-state index contributed by atoms with van der Waals surface area (Å²) < 4.78 is 1.08. The molecule has 0 fully saturated rings. The van der Waals surface area contributed by atoms with E-state index in [1.807, 2.05) is 24.4 Å². The van der Waals surface area contributed by atoms with Crippen LogP contribution in [0.5, 0.6) is 0 Å². The largest absolute Gasteiger partial charge is 0.308 e. The Morgan fingerprint density at radius 3 is 2.67 bits per heavy atom. The van der Waals surface area contributed by atoms with E-state index in [1.54, 1.807) is 0 Å². The van der Waals surface area contributed by atoms with E-state index in [9.17, 15) is 0 Å². The molecule has 1 heterocycles. The number of nitrogens with one attached hydrogen (secondary N) is 2. The summed E-state index contributed by atoms with van der Waals surface area (Å²) in [6.07, 6.45) is 1.88. The summed E-state index contributed by atoms with van der Waals surface area (Å²) in [7, 11) is 0. The van der Waals surface area contributed by atoms with Crippen molar-refractivity contribution >= 4 is 15.9 Å². The van der Waals surface area contributed by atoms with Crippen molar-refractivity contribution < 1.29 is 0 Å². The molecule has 0 aliphatic heterocycles. The monoisotopic (exact) mass is 307 g/mol. The normalized spacial score (nSPS) is 11.8. The highest BCUT2D eigenvalue weighted by atomic mass is 79.9. The Balaban J connectivity index is 2.26. The van der Waals surface area contributed by atoms with E-state index >= 15 is 0 Å². The van der Waals surface area contributed by atoms with Gasteiger partial charge in [-0.25, -0.2) is 0 Å². The van der Waals surface area contributed by atoms with Gasteiger partial charge in [0.25, 0.3) is 0 Å². The van der Waals surface area contributed by atoms with Crippen molar-refractivity contribution in [2.24, 2.45) is 0 Å². The molecular weight excluding hydrogens is 290 g/mol. The molecular formula is C14H18BrN3. The highest BCUT2D eigenvalue weighted by Gasteiger charge is 2.13. The van der Waals surface area contributed by atoms with Gasteiger partial charge in [-0.05, 0) is 26.8 Å². The number of hydrogen-bond acceptors (Lipinski definition) is 2. The Morgan fingerprint density at radius 1 is 1.28 bits per heavy atom. The molecule has 96 valence electrons. The predicted molar refractivity (Wildman–Crippen MR) is 78.3 cm³/mol. The van der Waals surface area contributed by atoms with Gasteiger partial charge in [-0.2, -0.15) is 5.10 Å². The van der Waals surface area contributed by atoms with Gasteiger partial charge in [0, 0.05) is 27.7 Å². The smallest absolute Gasteiger partial charge is 0.0706 e. The second-order valence-corrected chi connectivity index (χ2v) is 6.21. The van der Waals surface area contributed by atoms with Crippen LogP contribution in [0, 0.1) is 0 Å². The molecule has 3 nitrogen and oxygen atoms in total. The summed E-state index contributed by atoms with van der Waals surface area (Å²) in [6.45, 7) is 7.28. The van der Waals surface area contributed by atoms with Gasteiger partial charge >= 0.3 is 0 Å². The zero-order valence-corrected chi connectivity index (χ0v) is 12.5. The van der Waals surface area contributed by atoms with Gasteiger partial charge < -0.3 is 5.32 Å². The van der Waals surface area contributed by atoms with E-state index in [-0.39, 0.29) is 5.54 Å². The van der Waals surface area contributed by atoms with Crippen molar-refractivity contribution in [1.82, 2.24) is 15.5 Å². The first kappa shape index (κ1) is 13.3. The first-order valence-corrected chi connectivity index (χ1v) is 6.79. The molecule has 0 bridgehead atoms. The molecule has 0 aliphatic carbocycles. The van der Waals surface area contributed by atoms with Crippen molar-refractivity contribution in [3.05, 3.63) is 40.5 Å². The predicted octanol–water partition coefficient (Wildman–Crippen LogP) is 3.73. The van der Waals surface area contributed by atoms with Crippen LogP contribution in [0.25, 0.3) is 11.3 Å². The quantitative estimate of drug-likeness (QED) is 0.907. The molecule has 4 heteroatoms. The Bertz CT molecular complexity index is 526. The van der Waals surface area contributed by atoms with Crippen LogP contribution in [0.15, 0.2) is 34.9 Å². The zero-order valence-electron chi connectivity index (χ0n) is 10.9. The van der Waals surface area contributed by atoms with Gasteiger partial charge in [-0.3, -0.25) is 5.10 Å². The summed E-state index contributed by atoms with van der Waals surface area (Å²) in [5.41, 5.74) is 3.49. The Hall–Kier alpha value is -1.13. The van der Waals surface area contributed by atoms with Crippen LogP contribution in [0.2, 0.25) is 0 Å². The van der Waals surface area contributed by atoms with Crippen LogP contribution in [-0.4, -0.2) is 15.7 Å². The van der Waals surface area contributed by atoms with Crippen LogP contribution < -0.4 is 5.32 Å². The third kappa shape index (κ3) is 3.21. The summed E-state index contributed by atoms with van der Waals surface area (Å²) in [5.74, 6) is 0. The molecule has 1 aromatic heterocycles. The Morgan fingerprint density at radius 2 is 2.00 bits per heavy atom. The molecule has 18 heavy (non-hydrogen) atoms. The molecule has 0 amide bonds. The lowest BCUT2D eigenvalue weighted by Gasteiger charge is -2.20. The molecule has 0 saturated heterocycles. The fourth-order valence-corrected chi connectivity index (χ4v) is 2.19. The third-order valence-electron chi connectivity index (χ3n) is 2.67. The summed E-state index contributed by atoms with van der Waals surface area (Å²) in [4.78, 5) is 0. The summed E-state index contributed by atoms with van der Waals surface area (Å²) in [6, 6.07) is 8.16. The molecule has 0 aliphatic rings. The second kappa shape index (κ2) is 5.24. The summed E-state index contributed by atoms with van der Waals surface area (Å²) in [5, 5.41) is 10.7. The minimum Gasteiger partial charge on any atom is -0.308 e. The number of nitrogens with zero attached hydrogens (tertiary/aromatic N) is 1. The van der Waals surface area contributed by atoms with E-state index in [0.717, 1.165) is 22.3 Å². The van der Waals surface area contributed by atoms with Crippen LogP contribution in [0.1, 0.15) is 26.3 Å². The average Bonchev–Trinajstić information content (AvgIpc) is 2.74. The number of rotatable bonds is 3. The van der Waals surface area contributed by atoms with Gasteiger partial charge in [0.2, 0.25) is 0 Å².